The molecule has 0 aliphatic carbocycles. The molecule has 28 heavy (non-hydrogen) atoms. The SMILES string of the molecule is COc1ccc(NC(=O)c2ccccc2C)cc1NC(=O)CN1CCOCC1. The first-order valence-electron chi connectivity index (χ1n) is 9.22. The topological polar surface area (TPSA) is 79.9 Å². The molecular weight excluding hydrogens is 358 g/mol. The minimum atomic E-state index is -0.200. The van der Waals surface area contributed by atoms with Gasteiger partial charge in [-0.05, 0) is 36.8 Å². The van der Waals surface area contributed by atoms with Gasteiger partial charge in [-0.3, -0.25) is 14.5 Å². The van der Waals surface area contributed by atoms with Crippen molar-refractivity contribution in [2.75, 3.05) is 50.6 Å². The lowest BCUT2D eigenvalue weighted by molar-refractivity contribution is -0.118. The Kier molecular flexibility index (Phi) is 6.62. The van der Waals surface area contributed by atoms with Crippen molar-refractivity contribution in [2.24, 2.45) is 0 Å². The number of nitrogens with zero attached hydrogens (tertiary/aromatic N) is 1. The maximum absolute atomic E-state index is 12.5. The first-order chi connectivity index (χ1) is 13.6. The van der Waals surface area contributed by atoms with Crippen LogP contribution in [0.25, 0.3) is 0 Å². The zero-order chi connectivity index (χ0) is 19.9. The van der Waals surface area contributed by atoms with Crippen LogP contribution in [-0.4, -0.2) is 56.7 Å². The van der Waals surface area contributed by atoms with Crippen molar-refractivity contribution in [1.82, 2.24) is 4.90 Å². The molecule has 2 aromatic rings. The standard InChI is InChI=1S/C21H25N3O4/c1-15-5-3-4-6-17(15)21(26)22-16-7-8-19(27-2)18(13-16)23-20(25)14-24-9-11-28-12-10-24/h3-8,13H,9-12,14H2,1-2H3,(H,22,26)(H,23,25). The zero-order valence-corrected chi connectivity index (χ0v) is 16.2. The maximum atomic E-state index is 12.5. The Morgan fingerprint density at radius 3 is 2.57 bits per heavy atom. The van der Waals surface area contributed by atoms with Crippen LogP contribution in [0.15, 0.2) is 42.5 Å². The second-order valence-electron chi connectivity index (χ2n) is 6.62. The van der Waals surface area contributed by atoms with Crippen LogP contribution in [0.1, 0.15) is 15.9 Å². The Balaban J connectivity index is 1.70. The first-order valence-corrected chi connectivity index (χ1v) is 9.22. The van der Waals surface area contributed by atoms with E-state index in [-0.39, 0.29) is 18.4 Å². The van der Waals surface area contributed by atoms with Crippen molar-refractivity contribution in [1.29, 1.82) is 0 Å². The van der Waals surface area contributed by atoms with Crippen LogP contribution in [0, 0.1) is 6.92 Å². The number of methoxy groups -OCH3 is 1. The second kappa shape index (κ2) is 9.34. The number of anilines is 2. The molecule has 0 spiro atoms. The van der Waals surface area contributed by atoms with E-state index < -0.39 is 0 Å². The molecule has 1 heterocycles. The van der Waals surface area contributed by atoms with Crippen LogP contribution < -0.4 is 15.4 Å². The third-order valence-electron chi connectivity index (χ3n) is 4.59. The van der Waals surface area contributed by atoms with Crippen LogP contribution in [0.3, 0.4) is 0 Å². The molecule has 0 bridgehead atoms. The van der Waals surface area contributed by atoms with Crippen LogP contribution >= 0.6 is 0 Å². The Morgan fingerprint density at radius 2 is 1.86 bits per heavy atom. The average Bonchev–Trinajstić information content (AvgIpc) is 2.69. The van der Waals surface area contributed by atoms with E-state index in [1.165, 1.54) is 0 Å². The van der Waals surface area contributed by atoms with Crippen LogP contribution in [0.2, 0.25) is 0 Å². The number of hydrogen-bond acceptors (Lipinski definition) is 5. The highest BCUT2D eigenvalue weighted by Crippen LogP contribution is 2.28. The lowest BCUT2D eigenvalue weighted by Crippen LogP contribution is -2.41. The van der Waals surface area contributed by atoms with Gasteiger partial charge in [0.05, 0.1) is 32.6 Å². The van der Waals surface area contributed by atoms with Gasteiger partial charge in [0.15, 0.2) is 0 Å². The summed E-state index contributed by atoms with van der Waals surface area (Å²) < 4.78 is 10.6. The number of nitrogens with one attached hydrogen (secondary N) is 2. The molecule has 0 saturated carbocycles. The number of aryl methyl sites for hydroxylation is 1. The second-order valence-corrected chi connectivity index (χ2v) is 6.62. The van der Waals surface area contributed by atoms with E-state index in [2.05, 4.69) is 10.6 Å². The van der Waals surface area contributed by atoms with Crippen molar-refractivity contribution in [3.8, 4) is 5.75 Å². The molecule has 7 heteroatoms. The molecule has 7 nitrogen and oxygen atoms in total. The number of morpholine rings is 1. The Hall–Kier alpha value is -2.90. The largest absolute Gasteiger partial charge is 0.495 e. The van der Waals surface area contributed by atoms with Gasteiger partial charge in [0.25, 0.3) is 5.91 Å². The maximum Gasteiger partial charge on any atom is 0.255 e. The predicted molar refractivity (Wildman–Crippen MR) is 108 cm³/mol. The monoisotopic (exact) mass is 383 g/mol. The third kappa shape index (κ3) is 5.09. The predicted octanol–water partition coefficient (Wildman–Crippen LogP) is 2.53. The molecule has 0 radical (unpaired) electrons. The minimum Gasteiger partial charge on any atom is -0.495 e. The summed E-state index contributed by atoms with van der Waals surface area (Å²) in [5.74, 6) is 0.195. The lowest BCUT2D eigenvalue weighted by atomic mass is 10.1. The van der Waals surface area contributed by atoms with Crippen LogP contribution in [0.4, 0.5) is 11.4 Å². The Morgan fingerprint density at radius 1 is 1.11 bits per heavy atom. The Bertz CT molecular complexity index is 847. The van der Waals surface area contributed by atoms with Crippen molar-refractivity contribution in [3.63, 3.8) is 0 Å². The van der Waals surface area contributed by atoms with Crippen LogP contribution in [-0.2, 0) is 9.53 Å². The van der Waals surface area contributed by atoms with Crippen molar-refractivity contribution >= 4 is 23.2 Å². The molecule has 2 amide bonds. The van der Waals surface area contributed by atoms with Crippen molar-refractivity contribution in [3.05, 3.63) is 53.6 Å². The summed E-state index contributed by atoms with van der Waals surface area (Å²) in [6.45, 7) is 4.91. The molecule has 2 N–H and O–H groups in total. The van der Waals surface area contributed by atoms with Gasteiger partial charge in [-0.15, -0.1) is 0 Å². The molecule has 1 aliphatic heterocycles. The van der Waals surface area contributed by atoms with Gasteiger partial charge in [-0.2, -0.15) is 0 Å². The zero-order valence-electron chi connectivity index (χ0n) is 16.2. The molecule has 1 saturated heterocycles. The van der Waals surface area contributed by atoms with Crippen molar-refractivity contribution < 1.29 is 19.1 Å². The highest BCUT2D eigenvalue weighted by Gasteiger charge is 2.16. The fourth-order valence-corrected chi connectivity index (χ4v) is 3.06. The number of carbonyl (C=O) groups excluding carboxylic acids is 2. The van der Waals surface area contributed by atoms with Gasteiger partial charge in [0.2, 0.25) is 5.91 Å². The van der Waals surface area contributed by atoms with E-state index in [0.29, 0.717) is 35.9 Å². The summed E-state index contributed by atoms with van der Waals surface area (Å²) >= 11 is 0. The van der Waals surface area contributed by atoms with E-state index in [9.17, 15) is 9.59 Å². The minimum absolute atomic E-state index is 0.136. The molecule has 0 unspecified atom stereocenters. The normalized spacial score (nSPS) is 14.4. The van der Waals surface area contributed by atoms with Gasteiger partial charge in [-0.25, -0.2) is 0 Å². The summed E-state index contributed by atoms with van der Waals surface area (Å²) in [7, 11) is 1.54. The summed E-state index contributed by atoms with van der Waals surface area (Å²) in [5, 5.41) is 5.75. The van der Waals surface area contributed by atoms with E-state index in [1.54, 1.807) is 31.4 Å². The quantitative estimate of drug-likeness (QED) is 0.801. The fourth-order valence-electron chi connectivity index (χ4n) is 3.06. The fraction of sp³-hybridized carbons (Fsp3) is 0.333. The molecule has 148 valence electrons. The molecule has 1 fully saturated rings. The summed E-state index contributed by atoms with van der Waals surface area (Å²) in [4.78, 5) is 27.0. The van der Waals surface area contributed by atoms with Gasteiger partial charge in [0.1, 0.15) is 5.75 Å². The number of amides is 2. The number of hydrogen-bond donors (Lipinski definition) is 2. The van der Waals surface area contributed by atoms with E-state index in [1.807, 2.05) is 30.0 Å². The molecular formula is C21H25N3O4. The number of benzene rings is 2. The smallest absolute Gasteiger partial charge is 0.255 e. The first kappa shape index (κ1) is 19.9. The lowest BCUT2D eigenvalue weighted by Gasteiger charge is -2.26. The van der Waals surface area contributed by atoms with E-state index in [4.69, 9.17) is 9.47 Å². The number of ether oxygens (including phenoxy) is 2. The molecule has 0 atom stereocenters. The molecule has 1 aliphatic rings. The van der Waals surface area contributed by atoms with Gasteiger partial charge < -0.3 is 20.1 Å². The molecule has 0 aromatic heterocycles. The highest BCUT2D eigenvalue weighted by molar-refractivity contribution is 6.05. The summed E-state index contributed by atoms with van der Waals surface area (Å²) in [5.41, 5.74) is 2.60. The third-order valence-corrected chi connectivity index (χ3v) is 4.59. The van der Waals surface area contributed by atoms with E-state index >= 15 is 0 Å². The van der Waals surface area contributed by atoms with Crippen molar-refractivity contribution in [2.45, 2.75) is 6.92 Å². The van der Waals surface area contributed by atoms with Gasteiger partial charge in [-0.1, -0.05) is 18.2 Å². The van der Waals surface area contributed by atoms with E-state index in [0.717, 1.165) is 18.7 Å². The summed E-state index contributed by atoms with van der Waals surface area (Å²) in [6.07, 6.45) is 0. The van der Waals surface area contributed by atoms with Crippen LogP contribution in [0.5, 0.6) is 5.75 Å². The number of rotatable bonds is 6. The molecule has 2 aromatic carbocycles. The Labute approximate surface area is 164 Å². The molecule has 3 rings (SSSR count). The number of carbonyl (C=O) groups is 2. The average molecular weight is 383 g/mol. The van der Waals surface area contributed by atoms with Gasteiger partial charge in [0, 0.05) is 24.3 Å². The summed E-state index contributed by atoms with van der Waals surface area (Å²) in [6, 6.07) is 12.5. The highest BCUT2D eigenvalue weighted by atomic mass is 16.5. The van der Waals surface area contributed by atoms with Gasteiger partial charge >= 0.3 is 0 Å².